The predicted octanol–water partition coefficient (Wildman–Crippen LogP) is 3.23. The lowest BCUT2D eigenvalue weighted by atomic mass is 9.76. The van der Waals surface area contributed by atoms with E-state index < -0.39 is 35.0 Å². The van der Waals surface area contributed by atoms with Gasteiger partial charge in [-0.25, -0.2) is 14.5 Å². The number of amides is 2. The first-order chi connectivity index (χ1) is 13.1. The molecule has 0 aromatic heterocycles. The molecule has 1 aromatic carbocycles. The van der Waals surface area contributed by atoms with Crippen molar-refractivity contribution in [2.75, 3.05) is 6.61 Å². The molecule has 0 bridgehead atoms. The summed E-state index contributed by atoms with van der Waals surface area (Å²) in [5.41, 5.74) is -1.18. The van der Waals surface area contributed by atoms with Gasteiger partial charge in [-0.05, 0) is 46.1 Å². The number of hydrogen-bond acceptors (Lipinski definition) is 6. The minimum Gasteiger partial charge on any atom is -0.464 e. The van der Waals surface area contributed by atoms with Gasteiger partial charge in [-0.2, -0.15) is 5.26 Å². The zero-order valence-electron chi connectivity index (χ0n) is 16.7. The van der Waals surface area contributed by atoms with E-state index >= 15 is 0 Å². The van der Waals surface area contributed by atoms with E-state index in [9.17, 15) is 19.6 Å². The van der Waals surface area contributed by atoms with Crippen molar-refractivity contribution in [1.29, 1.82) is 5.26 Å². The molecule has 1 fully saturated rings. The number of benzene rings is 1. The lowest BCUT2D eigenvalue weighted by Gasteiger charge is -2.27. The summed E-state index contributed by atoms with van der Waals surface area (Å²) in [4.78, 5) is 39.4. The molecular formula is C21H26N2O5. The Hall–Kier alpha value is -2.88. The van der Waals surface area contributed by atoms with Gasteiger partial charge in [0.05, 0.1) is 18.1 Å². The summed E-state index contributed by atoms with van der Waals surface area (Å²) in [7, 11) is 0. The van der Waals surface area contributed by atoms with Crippen LogP contribution in [0, 0.1) is 16.7 Å². The molecule has 2 rings (SSSR count). The Kier molecular flexibility index (Phi) is 6.45. The van der Waals surface area contributed by atoms with Crippen LogP contribution >= 0.6 is 0 Å². The summed E-state index contributed by atoms with van der Waals surface area (Å²) >= 11 is 0. The maximum Gasteiger partial charge on any atom is 0.417 e. The second-order valence-electron chi connectivity index (χ2n) is 7.91. The highest BCUT2D eigenvalue weighted by Crippen LogP contribution is 2.43. The quantitative estimate of drug-likeness (QED) is 0.721. The maximum absolute atomic E-state index is 13.3. The highest BCUT2D eigenvalue weighted by atomic mass is 16.6. The monoisotopic (exact) mass is 386 g/mol. The first kappa shape index (κ1) is 21.4. The molecule has 1 aromatic rings. The molecule has 1 aliphatic heterocycles. The fourth-order valence-corrected chi connectivity index (χ4v) is 3.39. The number of carbonyl (C=O) groups is 3. The molecule has 1 saturated heterocycles. The SMILES string of the molecule is CCOC(=O)[C@@H]1C[C@](CC#N)(Cc2ccccc2)C(=O)N1C(=O)OC(C)(C)C. The number of nitrogens with zero attached hydrogens (tertiary/aromatic N) is 2. The topological polar surface area (TPSA) is 96.7 Å². The number of ether oxygens (including phenoxy) is 2. The molecule has 0 radical (unpaired) electrons. The van der Waals surface area contributed by atoms with Crippen LogP contribution in [-0.4, -0.2) is 41.1 Å². The van der Waals surface area contributed by atoms with Gasteiger partial charge in [0, 0.05) is 6.42 Å². The molecule has 1 aliphatic rings. The van der Waals surface area contributed by atoms with Gasteiger partial charge in [-0.15, -0.1) is 0 Å². The first-order valence-corrected chi connectivity index (χ1v) is 9.27. The van der Waals surface area contributed by atoms with Crippen molar-refractivity contribution >= 4 is 18.0 Å². The lowest BCUT2D eigenvalue weighted by Crippen LogP contribution is -2.47. The number of esters is 1. The smallest absolute Gasteiger partial charge is 0.417 e. The van der Waals surface area contributed by atoms with E-state index in [-0.39, 0.29) is 25.9 Å². The van der Waals surface area contributed by atoms with E-state index in [1.165, 1.54) is 0 Å². The highest BCUT2D eigenvalue weighted by molar-refractivity contribution is 6.02. The van der Waals surface area contributed by atoms with E-state index in [0.29, 0.717) is 0 Å². The fraction of sp³-hybridized carbons (Fsp3) is 0.524. The molecule has 0 unspecified atom stereocenters. The van der Waals surface area contributed by atoms with E-state index in [1.807, 2.05) is 36.4 Å². The van der Waals surface area contributed by atoms with Crippen LogP contribution in [-0.2, 0) is 25.5 Å². The lowest BCUT2D eigenvalue weighted by molar-refractivity contribution is -0.151. The largest absolute Gasteiger partial charge is 0.464 e. The zero-order chi connectivity index (χ0) is 20.9. The summed E-state index contributed by atoms with van der Waals surface area (Å²) in [6.07, 6.45) is -0.749. The summed E-state index contributed by atoms with van der Waals surface area (Å²) in [5, 5.41) is 9.37. The van der Waals surface area contributed by atoms with Crippen molar-refractivity contribution in [3.8, 4) is 6.07 Å². The third-order valence-corrected chi connectivity index (χ3v) is 4.52. The molecule has 0 aliphatic carbocycles. The molecule has 7 nitrogen and oxygen atoms in total. The van der Waals surface area contributed by atoms with Crippen molar-refractivity contribution in [2.45, 2.75) is 58.6 Å². The Morgan fingerprint density at radius 3 is 2.46 bits per heavy atom. The molecule has 2 amide bonds. The molecule has 28 heavy (non-hydrogen) atoms. The number of nitriles is 1. The number of carbonyl (C=O) groups excluding carboxylic acids is 3. The second kappa shape index (κ2) is 8.42. The Morgan fingerprint density at radius 2 is 1.93 bits per heavy atom. The van der Waals surface area contributed by atoms with E-state index in [0.717, 1.165) is 10.5 Å². The van der Waals surface area contributed by atoms with Crippen LogP contribution < -0.4 is 0 Å². The molecule has 0 spiro atoms. The van der Waals surface area contributed by atoms with Crippen LogP contribution in [0.4, 0.5) is 4.79 Å². The van der Waals surface area contributed by atoms with Crippen molar-refractivity contribution in [3.05, 3.63) is 35.9 Å². The fourth-order valence-electron chi connectivity index (χ4n) is 3.39. The van der Waals surface area contributed by atoms with Crippen molar-refractivity contribution in [2.24, 2.45) is 5.41 Å². The van der Waals surface area contributed by atoms with Crippen LogP contribution in [0.25, 0.3) is 0 Å². The summed E-state index contributed by atoms with van der Waals surface area (Å²) in [6.45, 7) is 6.81. The molecule has 0 N–H and O–H groups in total. The number of imide groups is 1. The molecule has 0 saturated carbocycles. The average Bonchev–Trinajstić information content (AvgIpc) is 2.88. The zero-order valence-corrected chi connectivity index (χ0v) is 16.7. The standard InChI is InChI=1S/C21H26N2O5/c1-5-27-17(24)16-14-21(11-12-22,13-15-9-7-6-8-10-15)18(25)23(16)19(26)28-20(2,3)4/h6-10,16H,5,11,13-14H2,1-4H3/t16-,21-/m0/s1. The third-order valence-electron chi connectivity index (χ3n) is 4.52. The Bertz CT molecular complexity index is 778. The molecule has 2 atom stereocenters. The predicted molar refractivity (Wildman–Crippen MR) is 101 cm³/mol. The van der Waals surface area contributed by atoms with Crippen LogP contribution in [0.5, 0.6) is 0 Å². The number of rotatable bonds is 5. The molecule has 7 heteroatoms. The normalized spacial score (nSPS) is 21.9. The van der Waals surface area contributed by atoms with Crippen molar-refractivity contribution in [1.82, 2.24) is 4.90 Å². The van der Waals surface area contributed by atoms with Crippen LogP contribution in [0.2, 0.25) is 0 Å². The number of hydrogen-bond donors (Lipinski definition) is 0. The van der Waals surface area contributed by atoms with E-state index in [1.54, 1.807) is 27.7 Å². The summed E-state index contributed by atoms with van der Waals surface area (Å²) < 4.78 is 10.4. The second-order valence-corrected chi connectivity index (χ2v) is 7.91. The van der Waals surface area contributed by atoms with Crippen molar-refractivity contribution in [3.63, 3.8) is 0 Å². The van der Waals surface area contributed by atoms with Crippen molar-refractivity contribution < 1.29 is 23.9 Å². The van der Waals surface area contributed by atoms with Crippen LogP contribution in [0.3, 0.4) is 0 Å². The summed E-state index contributed by atoms with van der Waals surface area (Å²) in [5.74, 6) is -1.25. The van der Waals surface area contributed by atoms with Gasteiger partial charge in [0.15, 0.2) is 0 Å². The van der Waals surface area contributed by atoms with Gasteiger partial charge < -0.3 is 9.47 Å². The van der Waals surface area contributed by atoms with Gasteiger partial charge in [0.2, 0.25) is 5.91 Å². The van der Waals surface area contributed by atoms with E-state index in [4.69, 9.17) is 9.47 Å². The van der Waals surface area contributed by atoms with Gasteiger partial charge in [-0.1, -0.05) is 30.3 Å². The third kappa shape index (κ3) is 4.69. The van der Waals surface area contributed by atoms with Gasteiger partial charge in [0.25, 0.3) is 0 Å². The van der Waals surface area contributed by atoms with Gasteiger partial charge in [-0.3, -0.25) is 4.79 Å². The summed E-state index contributed by atoms with van der Waals surface area (Å²) in [6, 6.07) is 10.2. The maximum atomic E-state index is 13.3. The average molecular weight is 386 g/mol. The first-order valence-electron chi connectivity index (χ1n) is 9.27. The number of likely N-dealkylation sites (tertiary alicyclic amines) is 1. The molecule has 1 heterocycles. The Balaban J connectivity index is 2.44. The van der Waals surface area contributed by atoms with Gasteiger partial charge >= 0.3 is 12.1 Å². The minimum absolute atomic E-state index is 0.0202. The molecular weight excluding hydrogens is 360 g/mol. The van der Waals surface area contributed by atoms with Crippen LogP contribution in [0.15, 0.2) is 30.3 Å². The van der Waals surface area contributed by atoms with Gasteiger partial charge in [0.1, 0.15) is 11.6 Å². The Labute approximate surface area is 165 Å². The van der Waals surface area contributed by atoms with Crippen LogP contribution in [0.1, 0.15) is 46.1 Å². The van der Waals surface area contributed by atoms with E-state index in [2.05, 4.69) is 0 Å². The Morgan fingerprint density at radius 1 is 1.29 bits per heavy atom. The minimum atomic E-state index is -1.19. The molecule has 150 valence electrons. The highest BCUT2D eigenvalue weighted by Gasteiger charge is 2.57.